The average Bonchev–Trinajstić information content (AvgIpc) is 2.65. The van der Waals surface area contributed by atoms with Crippen molar-refractivity contribution < 1.29 is 4.74 Å². The predicted octanol–water partition coefficient (Wildman–Crippen LogP) is 2.04. The quantitative estimate of drug-likeness (QED) is 0.787. The van der Waals surface area contributed by atoms with Crippen LogP contribution in [0, 0.1) is 0 Å². The molecule has 1 heterocycles. The molecule has 1 rings (SSSR count). The lowest BCUT2D eigenvalue weighted by molar-refractivity contribution is 0.0930. The highest BCUT2D eigenvalue weighted by atomic mass is 32.1. The van der Waals surface area contributed by atoms with Crippen LogP contribution in [0.25, 0.3) is 0 Å². The Morgan fingerprint density at radius 3 is 2.92 bits per heavy atom. The number of methoxy groups -OCH3 is 1. The van der Waals surface area contributed by atoms with E-state index in [1.807, 2.05) is 6.92 Å². The van der Waals surface area contributed by atoms with Crippen LogP contribution in [0.3, 0.4) is 0 Å². The van der Waals surface area contributed by atoms with E-state index < -0.39 is 0 Å². The maximum atomic E-state index is 5.92. The van der Waals surface area contributed by atoms with E-state index in [0.29, 0.717) is 0 Å². The van der Waals surface area contributed by atoms with Gasteiger partial charge in [-0.15, -0.1) is 0 Å². The molecule has 2 atom stereocenters. The summed E-state index contributed by atoms with van der Waals surface area (Å²) in [7, 11) is 1.70. The van der Waals surface area contributed by atoms with E-state index in [0.717, 1.165) is 12.8 Å². The largest absolute Gasteiger partial charge is 0.380 e. The Labute approximate surface area is 83.7 Å². The molecule has 2 N–H and O–H groups in total. The first kappa shape index (κ1) is 10.7. The lowest BCUT2D eigenvalue weighted by atomic mass is 10.0. The predicted molar refractivity (Wildman–Crippen MR) is 57.1 cm³/mol. The second-order valence-electron chi connectivity index (χ2n) is 3.27. The van der Waals surface area contributed by atoms with E-state index in [1.165, 1.54) is 5.56 Å². The summed E-state index contributed by atoms with van der Waals surface area (Å²) in [6.07, 6.45) is 2.20. The molecule has 0 radical (unpaired) electrons. The molecule has 3 heteroatoms. The summed E-state index contributed by atoms with van der Waals surface area (Å²) in [6, 6.07) is 2.29. The average molecular weight is 199 g/mol. The summed E-state index contributed by atoms with van der Waals surface area (Å²) < 4.78 is 5.16. The first-order valence-electron chi connectivity index (χ1n) is 4.53. The Balaban J connectivity index is 2.26. The van der Waals surface area contributed by atoms with Crippen LogP contribution in [0.2, 0.25) is 0 Å². The monoisotopic (exact) mass is 199 g/mol. The van der Waals surface area contributed by atoms with Crippen molar-refractivity contribution in [3.8, 4) is 0 Å². The van der Waals surface area contributed by atoms with Crippen LogP contribution in [0.15, 0.2) is 16.8 Å². The minimum Gasteiger partial charge on any atom is -0.380 e. The molecule has 0 amide bonds. The third kappa shape index (κ3) is 3.46. The van der Waals surface area contributed by atoms with Gasteiger partial charge in [0, 0.05) is 13.2 Å². The van der Waals surface area contributed by atoms with E-state index in [-0.39, 0.29) is 12.1 Å². The molecule has 2 unspecified atom stereocenters. The number of nitrogens with two attached hydrogens (primary N) is 1. The van der Waals surface area contributed by atoms with Gasteiger partial charge in [0.15, 0.2) is 0 Å². The molecule has 1 aromatic rings. The Kier molecular flexibility index (Phi) is 4.42. The number of thiophene rings is 1. The Hall–Kier alpha value is -0.380. The van der Waals surface area contributed by atoms with Gasteiger partial charge in [0.25, 0.3) is 0 Å². The summed E-state index contributed by atoms with van der Waals surface area (Å²) in [5.41, 5.74) is 7.30. The zero-order valence-electron chi connectivity index (χ0n) is 8.19. The lowest BCUT2D eigenvalue weighted by Gasteiger charge is -2.17. The Bertz CT molecular complexity index is 223. The minimum absolute atomic E-state index is 0.143. The van der Waals surface area contributed by atoms with Crippen LogP contribution in [-0.4, -0.2) is 19.3 Å². The van der Waals surface area contributed by atoms with Crippen molar-refractivity contribution in [3.05, 3.63) is 22.4 Å². The molecule has 0 spiro atoms. The van der Waals surface area contributed by atoms with Gasteiger partial charge in [-0.3, -0.25) is 0 Å². The SMILES string of the molecule is COC(C)C(N)CCc1ccsc1. The molecular formula is C10H17NOS. The molecule has 74 valence electrons. The maximum absolute atomic E-state index is 5.92. The molecule has 2 nitrogen and oxygen atoms in total. The van der Waals surface area contributed by atoms with Crippen LogP contribution in [0.5, 0.6) is 0 Å². The van der Waals surface area contributed by atoms with E-state index in [9.17, 15) is 0 Å². The second kappa shape index (κ2) is 5.37. The number of aryl methyl sites for hydroxylation is 1. The van der Waals surface area contributed by atoms with Gasteiger partial charge in [0.1, 0.15) is 0 Å². The van der Waals surface area contributed by atoms with Crippen molar-refractivity contribution in [1.82, 2.24) is 0 Å². The Morgan fingerprint density at radius 2 is 2.38 bits per heavy atom. The number of hydrogen-bond acceptors (Lipinski definition) is 3. The molecule has 0 saturated heterocycles. The third-order valence-corrected chi connectivity index (χ3v) is 3.05. The van der Waals surface area contributed by atoms with E-state index in [4.69, 9.17) is 10.5 Å². The summed E-state index contributed by atoms with van der Waals surface area (Å²) in [5, 5.41) is 4.27. The topological polar surface area (TPSA) is 35.2 Å². The standard InChI is InChI=1S/C10H17NOS/c1-8(12-2)10(11)4-3-9-5-6-13-7-9/h5-8,10H,3-4,11H2,1-2H3. The molecule has 0 aliphatic heterocycles. The van der Waals surface area contributed by atoms with Crippen LogP contribution in [-0.2, 0) is 11.2 Å². The van der Waals surface area contributed by atoms with E-state index in [1.54, 1.807) is 18.4 Å². The Morgan fingerprint density at radius 1 is 1.62 bits per heavy atom. The number of rotatable bonds is 5. The fourth-order valence-electron chi connectivity index (χ4n) is 1.18. The summed E-state index contributed by atoms with van der Waals surface area (Å²) >= 11 is 1.73. The van der Waals surface area contributed by atoms with Gasteiger partial charge < -0.3 is 10.5 Å². The number of ether oxygens (including phenoxy) is 1. The highest BCUT2D eigenvalue weighted by molar-refractivity contribution is 7.07. The van der Waals surface area contributed by atoms with Crippen LogP contribution in [0.4, 0.5) is 0 Å². The lowest BCUT2D eigenvalue weighted by Crippen LogP contribution is -2.34. The smallest absolute Gasteiger partial charge is 0.0694 e. The van der Waals surface area contributed by atoms with Crippen LogP contribution >= 0.6 is 11.3 Å². The van der Waals surface area contributed by atoms with Crippen LogP contribution < -0.4 is 5.73 Å². The van der Waals surface area contributed by atoms with Gasteiger partial charge >= 0.3 is 0 Å². The van der Waals surface area contributed by atoms with Gasteiger partial charge in [-0.1, -0.05) is 0 Å². The molecule has 0 saturated carbocycles. The van der Waals surface area contributed by atoms with Crippen molar-refractivity contribution in [1.29, 1.82) is 0 Å². The van der Waals surface area contributed by atoms with Crippen molar-refractivity contribution in [2.75, 3.05) is 7.11 Å². The third-order valence-electron chi connectivity index (χ3n) is 2.32. The maximum Gasteiger partial charge on any atom is 0.0694 e. The van der Waals surface area contributed by atoms with Crippen LogP contribution in [0.1, 0.15) is 18.9 Å². The summed E-state index contributed by atoms with van der Waals surface area (Å²) in [6.45, 7) is 2.01. The number of hydrogen-bond donors (Lipinski definition) is 1. The molecule has 0 aliphatic carbocycles. The minimum atomic E-state index is 0.143. The fourth-order valence-corrected chi connectivity index (χ4v) is 1.88. The van der Waals surface area contributed by atoms with Gasteiger partial charge in [-0.05, 0) is 42.2 Å². The van der Waals surface area contributed by atoms with Crippen molar-refractivity contribution in [3.63, 3.8) is 0 Å². The fraction of sp³-hybridized carbons (Fsp3) is 0.600. The molecule has 0 aliphatic rings. The van der Waals surface area contributed by atoms with Crippen molar-refractivity contribution >= 4 is 11.3 Å². The molecule has 0 fully saturated rings. The normalized spacial score (nSPS) is 15.6. The molecule has 13 heavy (non-hydrogen) atoms. The highest BCUT2D eigenvalue weighted by Crippen LogP contribution is 2.10. The van der Waals surface area contributed by atoms with Gasteiger partial charge in [0.2, 0.25) is 0 Å². The first-order valence-corrected chi connectivity index (χ1v) is 5.47. The van der Waals surface area contributed by atoms with E-state index in [2.05, 4.69) is 16.8 Å². The zero-order chi connectivity index (χ0) is 9.68. The van der Waals surface area contributed by atoms with Gasteiger partial charge in [-0.2, -0.15) is 11.3 Å². The highest BCUT2D eigenvalue weighted by Gasteiger charge is 2.11. The van der Waals surface area contributed by atoms with Gasteiger partial charge in [-0.25, -0.2) is 0 Å². The van der Waals surface area contributed by atoms with E-state index >= 15 is 0 Å². The zero-order valence-corrected chi connectivity index (χ0v) is 9.01. The molecule has 0 aromatic carbocycles. The second-order valence-corrected chi connectivity index (χ2v) is 4.05. The first-order chi connectivity index (χ1) is 6.24. The van der Waals surface area contributed by atoms with Crippen molar-refractivity contribution in [2.24, 2.45) is 5.73 Å². The van der Waals surface area contributed by atoms with Crippen molar-refractivity contribution in [2.45, 2.75) is 31.9 Å². The summed E-state index contributed by atoms with van der Waals surface area (Å²) in [4.78, 5) is 0. The summed E-state index contributed by atoms with van der Waals surface area (Å²) in [5.74, 6) is 0. The molecule has 1 aromatic heterocycles. The van der Waals surface area contributed by atoms with Gasteiger partial charge in [0.05, 0.1) is 6.10 Å². The molecular weight excluding hydrogens is 182 g/mol. The molecule has 0 bridgehead atoms.